The summed E-state index contributed by atoms with van der Waals surface area (Å²) in [6.07, 6.45) is -0.960. The third-order valence-corrected chi connectivity index (χ3v) is 4.41. The van der Waals surface area contributed by atoms with Gasteiger partial charge in [-0.2, -0.15) is 0 Å². The van der Waals surface area contributed by atoms with Gasteiger partial charge in [-0.05, 0) is 55.5 Å². The van der Waals surface area contributed by atoms with Crippen LogP contribution in [0.3, 0.4) is 0 Å². The molecule has 0 aromatic heterocycles. The molecule has 5 nitrogen and oxygen atoms in total. The Morgan fingerprint density at radius 3 is 2.14 bits per heavy atom. The maximum atomic E-state index is 12.4. The number of halogens is 1. The number of carbonyl (C=O) groups is 3. The zero-order valence-corrected chi connectivity index (χ0v) is 16.3. The molecule has 3 rings (SSSR count). The average Bonchev–Trinajstić information content (AvgIpc) is 2.74. The van der Waals surface area contributed by atoms with E-state index in [2.05, 4.69) is 5.32 Å². The standard InChI is InChI=1S/C23H18ClNO4/c1-15(21(26)18-8-5-9-19(24)14-18)29-23(28)17-10-12-20(13-11-17)25-22(27)16-6-3-2-4-7-16/h2-15H,1H3,(H,25,27)/t15-/m0/s1. The van der Waals surface area contributed by atoms with Gasteiger partial charge in [0, 0.05) is 21.8 Å². The molecular weight excluding hydrogens is 390 g/mol. The Balaban J connectivity index is 1.61. The highest BCUT2D eigenvalue weighted by Gasteiger charge is 2.20. The molecule has 0 aliphatic rings. The molecule has 1 N–H and O–H groups in total. The van der Waals surface area contributed by atoms with Gasteiger partial charge in [0.2, 0.25) is 5.78 Å². The lowest BCUT2D eigenvalue weighted by molar-refractivity contribution is 0.0319. The zero-order valence-electron chi connectivity index (χ0n) is 15.6. The number of benzene rings is 3. The number of rotatable bonds is 6. The lowest BCUT2D eigenvalue weighted by atomic mass is 10.1. The smallest absolute Gasteiger partial charge is 0.338 e. The van der Waals surface area contributed by atoms with E-state index in [0.717, 1.165) is 0 Å². The van der Waals surface area contributed by atoms with Crippen LogP contribution in [0.5, 0.6) is 0 Å². The van der Waals surface area contributed by atoms with Crippen molar-refractivity contribution in [3.8, 4) is 0 Å². The van der Waals surface area contributed by atoms with Crippen molar-refractivity contribution < 1.29 is 19.1 Å². The number of ether oxygens (including phenoxy) is 1. The van der Waals surface area contributed by atoms with E-state index >= 15 is 0 Å². The van der Waals surface area contributed by atoms with E-state index in [-0.39, 0.29) is 17.3 Å². The number of amides is 1. The molecule has 0 bridgehead atoms. The van der Waals surface area contributed by atoms with Crippen molar-refractivity contribution in [2.75, 3.05) is 5.32 Å². The fourth-order valence-electron chi connectivity index (χ4n) is 2.64. The first-order chi connectivity index (χ1) is 13.9. The van der Waals surface area contributed by atoms with Crippen molar-refractivity contribution in [3.63, 3.8) is 0 Å². The van der Waals surface area contributed by atoms with E-state index in [9.17, 15) is 14.4 Å². The summed E-state index contributed by atoms with van der Waals surface area (Å²) in [5.74, 6) is -1.22. The van der Waals surface area contributed by atoms with Gasteiger partial charge in [0.1, 0.15) is 0 Å². The molecule has 0 saturated carbocycles. The molecule has 0 aliphatic heterocycles. The largest absolute Gasteiger partial charge is 0.451 e. The van der Waals surface area contributed by atoms with Gasteiger partial charge in [-0.15, -0.1) is 0 Å². The third kappa shape index (κ3) is 5.30. The van der Waals surface area contributed by atoms with Crippen LogP contribution < -0.4 is 5.32 Å². The SMILES string of the molecule is C[C@H](OC(=O)c1ccc(NC(=O)c2ccccc2)cc1)C(=O)c1cccc(Cl)c1. The monoisotopic (exact) mass is 407 g/mol. The number of Topliss-reactive ketones (excluding diaryl/α,β-unsaturated/α-hetero) is 1. The van der Waals surface area contributed by atoms with Crippen LogP contribution in [-0.4, -0.2) is 23.8 Å². The Kier molecular flexibility index (Phi) is 6.42. The van der Waals surface area contributed by atoms with Gasteiger partial charge in [0.15, 0.2) is 6.10 Å². The molecule has 0 aliphatic carbocycles. The van der Waals surface area contributed by atoms with Crippen LogP contribution in [0.2, 0.25) is 5.02 Å². The van der Waals surface area contributed by atoms with Crippen molar-refractivity contribution in [2.45, 2.75) is 13.0 Å². The normalized spacial score (nSPS) is 11.4. The molecular formula is C23H18ClNO4. The average molecular weight is 408 g/mol. The van der Waals surface area contributed by atoms with Gasteiger partial charge < -0.3 is 10.1 Å². The van der Waals surface area contributed by atoms with Crippen molar-refractivity contribution >= 4 is 34.9 Å². The Labute approximate surface area is 173 Å². The minimum Gasteiger partial charge on any atom is -0.451 e. The number of carbonyl (C=O) groups excluding carboxylic acids is 3. The summed E-state index contributed by atoms with van der Waals surface area (Å²) in [7, 11) is 0. The first-order valence-electron chi connectivity index (χ1n) is 8.91. The molecule has 1 amide bonds. The summed E-state index contributed by atoms with van der Waals surface area (Å²) >= 11 is 5.90. The lowest BCUT2D eigenvalue weighted by Crippen LogP contribution is -2.24. The second-order valence-corrected chi connectivity index (χ2v) is 6.76. The van der Waals surface area contributed by atoms with Crippen LogP contribution in [0.4, 0.5) is 5.69 Å². The predicted molar refractivity (Wildman–Crippen MR) is 111 cm³/mol. The van der Waals surface area contributed by atoms with Gasteiger partial charge in [-0.3, -0.25) is 9.59 Å². The van der Waals surface area contributed by atoms with Crippen molar-refractivity contribution in [2.24, 2.45) is 0 Å². The third-order valence-electron chi connectivity index (χ3n) is 4.18. The summed E-state index contributed by atoms with van der Waals surface area (Å²) in [5, 5.41) is 3.19. The molecule has 0 unspecified atom stereocenters. The van der Waals surface area contributed by atoms with Gasteiger partial charge >= 0.3 is 5.97 Å². The molecule has 146 valence electrons. The molecule has 3 aromatic carbocycles. The Hall–Kier alpha value is -3.44. The fourth-order valence-corrected chi connectivity index (χ4v) is 2.83. The first kappa shape index (κ1) is 20.3. The molecule has 3 aromatic rings. The number of hydrogen-bond donors (Lipinski definition) is 1. The number of nitrogens with one attached hydrogen (secondary N) is 1. The molecule has 29 heavy (non-hydrogen) atoms. The van der Waals surface area contributed by atoms with Crippen molar-refractivity contribution in [1.29, 1.82) is 0 Å². The Bertz CT molecular complexity index is 1030. The van der Waals surface area contributed by atoms with E-state index in [0.29, 0.717) is 21.8 Å². The van der Waals surface area contributed by atoms with Gasteiger partial charge in [-0.25, -0.2) is 4.79 Å². The minimum atomic E-state index is -0.960. The van der Waals surface area contributed by atoms with Gasteiger partial charge in [-0.1, -0.05) is 41.9 Å². The Morgan fingerprint density at radius 2 is 1.48 bits per heavy atom. The molecule has 0 radical (unpaired) electrons. The van der Waals surface area contributed by atoms with E-state index in [1.807, 2.05) is 6.07 Å². The maximum absolute atomic E-state index is 12.4. The molecule has 6 heteroatoms. The van der Waals surface area contributed by atoms with Crippen LogP contribution in [0.25, 0.3) is 0 Å². The summed E-state index contributed by atoms with van der Waals surface area (Å²) in [6, 6.07) is 21.5. The number of hydrogen-bond acceptors (Lipinski definition) is 4. The number of ketones is 1. The molecule has 0 heterocycles. The maximum Gasteiger partial charge on any atom is 0.338 e. The number of esters is 1. The highest BCUT2D eigenvalue weighted by molar-refractivity contribution is 6.31. The second-order valence-electron chi connectivity index (χ2n) is 6.32. The van der Waals surface area contributed by atoms with E-state index in [1.54, 1.807) is 54.6 Å². The lowest BCUT2D eigenvalue weighted by Gasteiger charge is -2.13. The van der Waals surface area contributed by atoms with Crippen molar-refractivity contribution in [3.05, 3.63) is 101 Å². The summed E-state index contributed by atoms with van der Waals surface area (Å²) in [4.78, 5) is 36.9. The summed E-state index contributed by atoms with van der Waals surface area (Å²) < 4.78 is 5.26. The zero-order chi connectivity index (χ0) is 20.8. The van der Waals surface area contributed by atoms with Gasteiger partial charge in [0.25, 0.3) is 5.91 Å². The van der Waals surface area contributed by atoms with Crippen LogP contribution in [0.15, 0.2) is 78.9 Å². The molecule has 0 fully saturated rings. The van der Waals surface area contributed by atoms with Crippen molar-refractivity contribution in [1.82, 2.24) is 0 Å². The van der Waals surface area contributed by atoms with E-state index in [4.69, 9.17) is 16.3 Å². The first-order valence-corrected chi connectivity index (χ1v) is 9.29. The van der Waals surface area contributed by atoms with E-state index < -0.39 is 12.1 Å². The topological polar surface area (TPSA) is 72.5 Å². The molecule has 0 spiro atoms. The van der Waals surface area contributed by atoms with Crippen LogP contribution in [0, 0.1) is 0 Å². The van der Waals surface area contributed by atoms with Gasteiger partial charge in [0.05, 0.1) is 5.56 Å². The quantitative estimate of drug-likeness (QED) is 0.460. The summed E-state index contributed by atoms with van der Waals surface area (Å²) in [6.45, 7) is 1.51. The van der Waals surface area contributed by atoms with Crippen LogP contribution in [0.1, 0.15) is 38.0 Å². The minimum absolute atomic E-state index is 0.248. The predicted octanol–water partition coefficient (Wildman–Crippen LogP) is 5.02. The number of anilines is 1. The highest BCUT2D eigenvalue weighted by atomic mass is 35.5. The molecule has 1 atom stereocenters. The fraction of sp³-hybridized carbons (Fsp3) is 0.0870. The van der Waals surface area contributed by atoms with Crippen LogP contribution >= 0.6 is 11.6 Å². The molecule has 0 saturated heterocycles. The summed E-state index contributed by atoms with van der Waals surface area (Å²) in [5.41, 5.74) is 1.72. The Morgan fingerprint density at radius 1 is 0.828 bits per heavy atom. The van der Waals surface area contributed by atoms with Crippen LogP contribution in [-0.2, 0) is 4.74 Å². The van der Waals surface area contributed by atoms with E-state index in [1.165, 1.54) is 25.1 Å². The second kappa shape index (κ2) is 9.17. The highest BCUT2D eigenvalue weighted by Crippen LogP contribution is 2.16.